The second kappa shape index (κ2) is 7.40. The number of aliphatic hydroxyl groups is 1. The number of fused-ring (bicyclic) bond motifs is 1. The van der Waals surface area contributed by atoms with Crippen LogP contribution in [0, 0.1) is 0 Å². The fourth-order valence-electron chi connectivity index (χ4n) is 3.28. The average Bonchev–Trinajstić information content (AvgIpc) is 2.74. The van der Waals surface area contributed by atoms with Crippen LogP contribution in [0.1, 0.15) is 54.4 Å². The van der Waals surface area contributed by atoms with Crippen LogP contribution in [0.2, 0.25) is 0 Å². The van der Waals surface area contributed by atoms with Gasteiger partial charge in [0.05, 0.1) is 24.0 Å². The van der Waals surface area contributed by atoms with Gasteiger partial charge in [0.25, 0.3) is 0 Å². The van der Waals surface area contributed by atoms with E-state index in [4.69, 9.17) is 14.2 Å². The molecule has 2 saturated heterocycles. The number of ether oxygens (including phenoxy) is 3. The normalized spacial score (nSPS) is 35.4. The smallest absolute Gasteiger partial charge is 0.408 e. The molecule has 0 aliphatic carbocycles. The minimum Gasteiger partial charge on any atom is -0.444 e. The highest BCUT2D eigenvalue weighted by molar-refractivity contribution is 8.01. The summed E-state index contributed by atoms with van der Waals surface area (Å²) in [7, 11) is 0. The topological polar surface area (TPSA) is 77.0 Å². The number of amides is 1. The summed E-state index contributed by atoms with van der Waals surface area (Å²) in [6.45, 7) is 11.5. The third-order valence-corrected chi connectivity index (χ3v) is 5.57. The van der Waals surface area contributed by atoms with Gasteiger partial charge in [-0.3, -0.25) is 0 Å². The van der Waals surface area contributed by atoms with Gasteiger partial charge in [0, 0.05) is 0 Å². The Labute approximate surface area is 149 Å². The van der Waals surface area contributed by atoms with Crippen LogP contribution in [-0.2, 0) is 14.2 Å². The predicted octanol–water partition coefficient (Wildman–Crippen LogP) is 2.68. The van der Waals surface area contributed by atoms with Gasteiger partial charge < -0.3 is 24.6 Å². The number of rotatable bonds is 4. The van der Waals surface area contributed by atoms with Crippen LogP contribution in [0.3, 0.4) is 0 Å². The van der Waals surface area contributed by atoms with Gasteiger partial charge in [-0.15, -0.1) is 11.8 Å². The Morgan fingerprint density at radius 2 is 2.00 bits per heavy atom. The van der Waals surface area contributed by atoms with Gasteiger partial charge in [-0.2, -0.15) is 0 Å². The zero-order valence-corrected chi connectivity index (χ0v) is 16.3. The molecule has 140 valence electrons. The van der Waals surface area contributed by atoms with E-state index in [1.54, 1.807) is 11.8 Å². The first-order chi connectivity index (χ1) is 11.1. The SMILES string of the molecule is CCC[C@H]1O[C@H](CO)[C@@H]2OC(C)(C)S[C@@H]2[C@H]1NC(=O)OC(C)(C)C. The number of hydrogen-bond acceptors (Lipinski definition) is 6. The molecule has 7 heteroatoms. The van der Waals surface area contributed by atoms with Gasteiger partial charge >= 0.3 is 6.09 Å². The second-order valence-corrected chi connectivity index (χ2v) is 9.68. The van der Waals surface area contributed by atoms with Gasteiger partial charge in [-0.05, 0) is 41.0 Å². The summed E-state index contributed by atoms with van der Waals surface area (Å²) in [6.07, 6.45) is 0.526. The number of hydrogen-bond donors (Lipinski definition) is 2. The molecule has 2 heterocycles. The third kappa shape index (κ3) is 4.77. The molecule has 2 aliphatic rings. The molecule has 0 spiro atoms. The average molecular weight is 362 g/mol. The summed E-state index contributed by atoms with van der Waals surface area (Å²) in [5.74, 6) is 0. The molecule has 0 unspecified atom stereocenters. The van der Waals surface area contributed by atoms with Crippen LogP contribution in [0.25, 0.3) is 0 Å². The molecular weight excluding hydrogens is 330 g/mol. The Morgan fingerprint density at radius 3 is 2.54 bits per heavy atom. The maximum atomic E-state index is 12.3. The van der Waals surface area contributed by atoms with Crippen LogP contribution in [0.15, 0.2) is 0 Å². The monoisotopic (exact) mass is 361 g/mol. The highest BCUT2D eigenvalue weighted by Crippen LogP contribution is 2.47. The number of carbonyl (C=O) groups excluding carboxylic acids is 1. The zero-order chi connectivity index (χ0) is 18.1. The number of nitrogens with one attached hydrogen (secondary N) is 1. The van der Waals surface area contributed by atoms with E-state index in [1.165, 1.54) is 0 Å². The molecule has 2 fully saturated rings. The largest absolute Gasteiger partial charge is 0.444 e. The molecule has 0 aromatic carbocycles. The molecule has 0 saturated carbocycles. The van der Waals surface area contributed by atoms with Gasteiger partial charge in [-0.1, -0.05) is 13.3 Å². The fourth-order valence-corrected chi connectivity index (χ4v) is 4.86. The first kappa shape index (κ1) is 19.8. The lowest BCUT2D eigenvalue weighted by Crippen LogP contribution is -2.62. The van der Waals surface area contributed by atoms with Crippen LogP contribution in [0.4, 0.5) is 4.79 Å². The minimum absolute atomic E-state index is 0.0231. The third-order valence-electron chi connectivity index (χ3n) is 4.07. The van der Waals surface area contributed by atoms with Crippen molar-refractivity contribution in [1.82, 2.24) is 5.32 Å². The van der Waals surface area contributed by atoms with E-state index in [0.717, 1.165) is 12.8 Å². The van der Waals surface area contributed by atoms with Crippen molar-refractivity contribution in [1.29, 1.82) is 0 Å². The van der Waals surface area contributed by atoms with Gasteiger partial charge in [0.15, 0.2) is 0 Å². The van der Waals surface area contributed by atoms with Crippen molar-refractivity contribution in [2.75, 3.05) is 6.61 Å². The summed E-state index contributed by atoms with van der Waals surface area (Å²) in [5.41, 5.74) is -0.550. The van der Waals surface area contributed by atoms with Gasteiger partial charge in [-0.25, -0.2) is 4.79 Å². The summed E-state index contributed by atoms with van der Waals surface area (Å²) < 4.78 is 17.6. The maximum absolute atomic E-state index is 12.3. The van der Waals surface area contributed by atoms with E-state index in [9.17, 15) is 9.90 Å². The number of aliphatic hydroxyl groups excluding tert-OH is 1. The maximum Gasteiger partial charge on any atom is 0.408 e. The van der Waals surface area contributed by atoms with E-state index in [0.29, 0.717) is 0 Å². The Balaban J connectivity index is 2.19. The molecule has 1 amide bonds. The Bertz CT molecular complexity index is 451. The standard InChI is InChI=1S/C17H31NO5S/c1-7-8-10-12(18-15(20)23-16(2,3)4)14-13(11(9-19)21-10)22-17(5,6)24-14/h10-14,19H,7-9H2,1-6H3,(H,18,20)/t10-,11-,12+,13+,14-/m1/s1. The first-order valence-electron chi connectivity index (χ1n) is 8.68. The Hall–Kier alpha value is -0.500. The molecule has 24 heavy (non-hydrogen) atoms. The van der Waals surface area contributed by atoms with Crippen molar-refractivity contribution in [3.05, 3.63) is 0 Å². The van der Waals surface area contributed by atoms with E-state index in [2.05, 4.69) is 12.2 Å². The highest BCUT2D eigenvalue weighted by atomic mass is 32.2. The van der Waals surface area contributed by atoms with E-state index < -0.39 is 11.7 Å². The van der Waals surface area contributed by atoms with E-state index >= 15 is 0 Å². The molecule has 0 aromatic rings. The summed E-state index contributed by atoms with van der Waals surface area (Å²) in [6, 6.07) is -0.209. The molecule has 6 nitrogen and oxygen atoms in total. The fraction of sp³-hybridized carbons (Fsp3) is 0.941. The summed E-state index contributed by atoms with van der Waals surface area (Å²) in [5, 5.41) is 12.7. The van der Waals surface area contributed by atoms with Crippen molar-refractivity contribution in [2.45, 2.75) is 94.5 Å². The van der Waals surface area contributed by atoms with Gasteiger partial charge in [0.1, 0.15) is 22.7 Å². The molecule has 0 radical (unpaired) electrons. The van der Waals surface area contributed by atoms with Crippen molar-refractivity contribution in [3.8, 4) is 0 Å². The molecule has 2 rings (SSSR count). The van der Waals surface area contributed by atoms with E-state index in [1.807, 2.05) is 34.6 Å². The van der Waals surface area contributed by atoms with Crippen molar-refractivity contribution in [2.24, 2.45) is 0 Å². The van der Waals surface area contributed by atoms with Crippen molar-refractivity contribution < 1.29 is 24.1 Å². The van der Waals surface area contributed by atoms with Crippen LogP contribution in [0.5, 0.6) is 0 Å². The van der Waals surface area contributed by atoms with E-state index in [-0.39, 0.29) is 41.1 Å². The number of alkyl carbamates (subject to hydrolysis) is 1. The molecule has 2 N–H and O–H groups in total. The second-order valence-electron chi connectivity index (χ2n) is 7.92. The van der Waals surface area contributed by atoms with Crippen LogP contribution < -0.4 is 5.32 Å². The lowest BCUT2D eigenvalue weighted by molar-refractivity contribution is -0.167. The highest BCUT2D eigenvalue weighted by Gasteiger charge is 2.54. The minimum atomic E-state index is -0.550. The Kier molecular flexibility index (Phi) is 6.11. The summed E-state index contributed by atoms with van der Waals surface area (Å²) in [4.78, 5) is 11.9. The first-order valence-corrected chi connectivity index (χ1v) is 9.55. The van der Waals surface area contributed by atoms with Crippen molar-refractivity contribution in [3.63, 3.8) is 0 Å². The predicted molar refractivity (Wildman–Crippen MR) is 94.1 cm³/mol. The van der Waals surface area contributed by atoms with Crippen LogP contribution >= 0.6 is 11.8 Å². The molecule has 5 atom stereocenters. The molecule has 0 aromatic heterocycles. The zero-order valence-electron chi connectivity index (χ0n) is 15.5. The lowest BCUT2D eigenvalue weighted by Gasteiger charge is -2.43. The quantitative estimate of drug-likeness (QED) is 0.802. The Morgan fingerprint density at radius 1 is 1.33 bits per heavy atom. The summed E-state index contributed by atoms with van der Waals surface area (Å²) >= 11 is 1.68. The van der Waals surface area contributed by atoms with Crippen LogP contribution in [-0.4, -0.2) is 57.9 Å². The number of thioether (sulfide) groups is 1. The van der Waals surface area contributed by atoms with Crippen molar-refractivity contribution >= 4 is 17.9 Å². The lowest BCUT2D eigenvalue weighted by atomic mass is 9.92. The number of carbonyl (C=O) groups is 1. The van der Waals surface area contributed by atoms with Gasteiger partial charge in [0.2, 0.25) is 0 Å². The molecule has 0 bridgehead atoms. The molecule has 2 aliphatic heterocycles. The molecular formula is C17H31NO5S.